The molecule has 3 saturated heterocycles. The van der Waals surface area contributed by atoms with Gasteiger partial charge in [-0.3, -0.25) is 4.79 Å². The van der Waals surface area contributed by atoms with Crippen molar-refractivity contribution in [2.45, 2.75) is 49.8 Å². The molecule has 3 heterocycles. The summed E-state index contributed by atoms with van der Waals surface area (Å²) in [7, 11) is 0. The van der Waals surface area contributed by atoms with E-state index in [4.69, 9.17) is 14.2 Å². The van der Waals surface area contributed by atoms with Crippen molar-refractivity contribution in [2.24, 2.45) is 17.3 Å². The van der Waals surface area contributed by atoms with Gasteiger partial charge in [-0.2, -0.15) is 0 Å². The van der Waals surface area contributed by atoms with Crippen LogP contribution in [-0.4, -0.2) is 47.2 Å². The zero-order chi connectivity index (χ0) is 14.1. The summed E-state index contributed by atoms with van der Waals surface area (Å²) in [6, 6.07) is 0. The van der Waals surface area contributed by atoms with E-state index in [-0.39, 0.29) is 30.2 Å². The second kappa shape index (κ2) is 2.85. The Morgan fingerprint density at radius 2 is 2.15 bits per heavy atom. The molecule has 2 bridgehead atoms. The first-order valence-electron chi connectivity index (χ1n) is 7.24. The Labute approximate surface area is 116 Å². The largest absolute Gasteiger partial charge is 0.461 e. The summed E-state index contributed by atoms with van der Waals surface area (Å²) in [5, 5.41) is 11.5. The number of epoxide rings is 2. The third-order valence-corrected chi connectivity index (χ3v) is 6.59. The van der Waals surface area contributed by atoms with Crippen molar-refractivity contribution in [1.82, 2.24) is 0 Å². The van der Waals surface area contributed by atoms with Gasteiger partial charge in [-0.05, 0) is 13.3 Å². The van der Waals surface area contributed by atoms with Gasteiger partial charge in [0.05, 0.1) is 12.5 Å². The first kappa shape index (κ1) is 11.7. The number of carbonyl (C=O) groups is 1. The Balaban J connectivity index is 1.72. The van der Waals surface area contributed by atoms with E-state index in [2.05, 4.69) is 6.58 Å². The fourth-order valence-corrected chi connectivity index (χ4v) is 5.47. The smallest absolute Gasteiger partial charge is 0.313 e. The summed E-state index contributed by atoms with van der Waals surface area (Å²) >= 11 is 0. The summed E-state index contributed by atoms with van der Waals surface area (Å²) < 4.78 is 17.0. The topological polar surface area (TPSA) is 71.6 Å². The highest BCUT2D eigenvalue weighted by Crippen LogP contribution is 2.76. The first-order valence-corrected chi connectivity index (χ1v) is 7.24. The summed E-state index contributed by atoms with van der Waals surface area (Å²) in [5.74, 6) is -0.983. The van der Waals surface area contributed by atoms with E-state index >= 15 is 0 Å². The van der Waals surface area contributed by atoms with Crippen molar-refractivity contribution < 1.29 is 24.1 Å². The lowest BCUT2D eigenvalue weighted by atomic mass is 9.54. The molecule has 3 aliphatic heterocycles. The molecule has 0 aromatic rings. The molecule has 0 amide bonds. The van der Waals surface area contributed by atoms with Crippen LogP contribution in [0.2, 0.25) is 0 Å². The lowest BCUT2D eigenvalue weighted by Crippen LogP contribution is -2.64. The van der Waals surface area contributed by atoms with Crippen LogP contribution in [0.1, 0.15) is 20.3 Å². The van der Waals surface area contributed by atoms with Crippen LogP contribution in [0.25, 0.3) is 0 Å². The Morgan fingerprint density at radius 1 is 1.45 bits per heavy atom. The SMILES string of the molecule is C=C(C)[C@@H]1C2C[C@@]3(C)[C@@]4(CO4)[C@@H]4O[C@@H]4[C@@]3(O)C1C(=O)O2. The molecule has 0 aromatic heterocycles. The minimum absolute atomic E-state index is 0.0598. The molecule has 1 spiro atoms. The molecule has 5 fully saturated rings. The minimum Gasteiger partial charge on any atom is -0.461 e. The number of aliphatic hydroxyl groups is 1. The molecule has 0 aromatic carbocycles. The van der Waals surface area contributed by atoms with Gasteiger partial charge in [0.2, 0.25) is 0 Å². The van der Waals surface area contributed by atoms with Crippen LogP contribution in [0.3, 0.4) is 0 Å². The lowest BCUT2D eigenvalue weighted by Gasteiger charge is -2.51. The molecule has 20 heavy (non-hydrogen) atoms. The normalized spacial score (nSPS) is 64.8. The Bertz CT molecular complexity index is 567. The third-order valence-electron chi connectivity index (χ3n) is 6.59. The van der Waals surface area contributed by atoms with Crippen molar-refractivity contribution in [3.8, 4) is 0 Å². The van der Waals surface area contributed by atoms with Crippen molar-refractivity contribution in [1.29, 1.82) is 0 Å². The van der Waals surface area contributed by atoms with E-state index in [0.717, 1.165) is 5.57 Å². The molecule has 5 nitrogen and oxygen atoms in total. The molecule has 5 aliphatic rings. The average molecular weight is 278 g/mol. The van der Waals surface area contributed by atoms with Crippen LogP contribution in [0.5, 0.6) is 0 Å². The standard InChI is InChI=1S/C15H18O5/c1-6(2)8-7-4-13(3)14(5-18-14)10-11(20-10)15(13,17)9(8)12(16)19-7/h7-11,17H,1,4-5H2,2-3H3/t7?,8-,9?,10-,11+,13+,14-,15+/m1/s1. The summed E-state index contributed by atoms with van der Waals surface area (Å²) in [6.45, 7) is 8.55. The molecule has 2 aliphatic carbocycles. The number of hydrogen-bond acceptors (Lipinski definition) is 5. The van der Waals surface area contributed by atoms with E-state index < -0.39 is 22.5 Å². The monoisotopic (exact) mass is 278 g/mol. The van der Waals surface area contributed by atoms with E-state index in [1.54, 1.807) is 0 Å². The Kier molecular flexibility index (Phi) is 1.67. The van der Waals surface area contributed by atoms with E-state index in [0.29, 0.717) is 13.0 Å². The maximum absolute atomic E-state index is 12.3. The molecule has 2 saturated carbocycles. The predicted molar refractivity (Wildman–Crippen MR) is 66.7 cm³/mol. The molecule has 0 radical (unpaired) electrons. The van der Waals surface area contributed by atoms with Gasteiger partial charge in [-0.15, -0.1) is 0 Å². The number of rotatable bonds is 1. The van der Waals surface area contributed by atoms with Gasteiger partial charge in [0.25, 0.3) is 0 Å². The second-order valence-electron chi connectivity index (χ2n) is 7.34. The number of fused-ring (bicyclic) bond motifs is 8. The maximum atomic E-state index is 12.3. The number of hydrogen-bond donors (Lipinski definition) is 1. The van der Waals surface area contributed by atoms with Crippen LogP contribution in [0.4, 0.5) is 0 Å². The summed E-state index contributed by atoms with van der Waals surface area (Å²) in [6.07, 6.45) is 0.0809. The minimum atomic E-state index is -1.19. The van der Waals surface area contributed by atoms with Crippen LogP contribution in [-0.2, 0) is 19.0 Å². The lowest BCUT2D eigenvalue weighted by molar-refractivity contribution is -0.185. The molecule has 1 N–H and O–H groups in total. The molecule has 108 valence electrons. The van der Waals surface area contributed by atoms with Crippen LogP contribution in [0, 0.1) is 17.3 Å². The molecular formula is C15H18O5. The number of carbonyl (C=O) groups excluding carboxylic acids is 1. The number of ether oxygens (including phenoxy) is 3. The second-order valence-corrected chi connectivity index (χ2v) is 7.34. The zero-order valence-electron chi connectivity index (χ0n) is 11.6. The zero-order valence-corrected chi connectivity index (χ0v) is 11.6. The molecule has 8 atom stereocenters. The van der Waals surface area contributed by atoms with Gasteiger partial charge in [0.15, 0.2) is 0 Å². The van der Waals surface area contributed by atoms with Crippen LogP contribution < -0.4 is 0 Å². The van der Waals surface area contributed by atoms with Gasteiger partial charge in [-0.25, -0.2) is 0 Å². The molecule has 5 heteroatoms. The fourth-order valence-electron chi connectivity index (χ4n) is 5.47. The van der Waals surface area contributed by atoms with Gasteiger partial charge < -0.3 is 19.3 Å². The van der Waals surface area contributed by atoms with Crippen molar-refractivity contribution >= 4 is 5.97 Å². The first-order chi connectivity index (χ1) is 9.37. The molecular weight excluding hydrogens is 260 g/mol. The Morgan fingerprint density at radius 3 is 2.75 bits per heavy atom. The van der Waals surface area contributed by atoms with Gasteiger partial charge >= 0.3 is 5.97 Å². The Hall–Kier alpha value is -0.910. The van der Waals surface area contributed by atoms with Crippen molar-refractivity contribution in [3.05, 3.63) is 12.2 Å². The van der Waals surface area contributed by atoms with Crippen molar-refractivity contribution in [2.75, 3.05) is 6.61 Å². The predicted octanol–water partition coefficient (Wildman–Crippen LogP) is 0.411. The molecule has 2 unspecified atom stereocenters. The van der Waals surface area contributed by atoms with Gasteiger partial charge in [-0.1, -0.05) is 19.1 Å². The average Bonchev–Trinajstić information content (AvgIpc) is 3.20. The van der Waals surface area contributed by atoms with Crippen LogP contribution in [0.15, 0.2) is 12.2 Å². The van der Waals surface area contributed by atoms with Gasteiger partial charge in [0, 0.05) is 11.3 Å². The van der Waals surface area contributed by atoms with Crippen molar-refractivity contribution in [3.63, 3.8) is 0 Å². The fraction of sp³-hybridized carbons (Fsp3) is 0.800. The maximum Gasteiger partial charge on any atom is 0.313 e. The van der Waals surface area contributed by atoms with E-state index in [1.165, 1.54) is 0 Å². The van der Waals surface area contributed by atoms with Gasteiger partial charge in [0.1, 0.15) is 29.5 Å². The highest BCUT2D eigenvalue weighted by Gasteiger charge is 2.92. The highest BCUT2D eigenvalue weighted by molar-refractivity contribution is 5.79. The molecule has 5 rings (SSSR count). The van der Waals surface area contributed by atoms with E-state index in [1.807, 2.05) is 13.8 Å². The quantitative estimate of drug-likeness (QED) is 0.427. The summed E-state index contributed by atoms with van der Waals surface area (Å²) in [5.41, 5.74) is -1.17. The number of esters is 1. The highest BCUT2D eigenvalue weighted by atomic mass is 16.7. The van der Waals surface area contributed by atoms with E-state index in [9.17, 15) is 9.90 Å². The third kappa shape index (κ3) is 0.875. The van der Waals surface area contributed by atoms with Crippen LogP contribution >= 0.6 is 0 Å². The summed E-state index contributed by atoms with van der Waals surface area (Å²) in [4.78, 5) is 12.3.